The standard InChI is InChI=1S/C18H25N7O3S2/c1-4-15(25-17(20)22-23-18(25)29-12-11-19)16(26)21-13-7-9-14(10-8-13)30(27,28)24(5-2)6-3/h7-10,15H,4-6,12H2,1-3H3,(H2,20,22)(H,21,26). The summed E-state index contributed by atoms with van der Waals surface area (Å²) in [6.07, 6.45) is 0.419. The van der Waals surface area contributed by atoms with Gasteiger partial charge in [-0.2, -0.15) is 9.57 Å². The van der Waals surface area contributed by atoms with Gasteiger partial charge in [0.15, 0.2) is 5.16 Å². The summed E-state index contributed by atoms with van der Waals surface area (Å²) < 4.78 is 28.0. The third kappa shape index (κ3) is 5.10. The van der Waals surface area contributed by atoms with Gasteiger partial charge in [-0.15, -0.1) is 10.2 Å². The molecular formula is C18H25N7O3S2. The van der Waals surface area contributed by atoms with Crippen LogP contribution in [0.3, 0.4) is 0 Å². The van der Waals surface area contributed by atoms with Crippen LogP contribution in [0.2, 0.25) is 0 Å². The molecule has 1 amide bonds. The zero-order valence-electron chi connectivity index (χ0n) is 17.1. The fraction of sp³-hybridized carbons (Fsp3) is 0.444. The minimum absolute atomic E-state index is 0.0816. The number of thioether (sulfide) groups is 1. The second-order valence-electron chi connectivity index (χ2n) is 6.18. The number of rotatable bonds is 10. The molecule has 1 unspecified atom stereocenters. The van der Waals surface area contributed by atoms with E-state index in [1.807, 2.05) is 13.0 Å². The first-order chi connectivity index (χ1) is 14.3. The Balaban J connectivity index is 2.21. The molecule has 2 aromatic rings. The van der Waals surface area contributed by atoms with Crippen molar-refractivity contribution in [2.24, 2.45) is 0 Å². The number of nitrogen functional groups attached to an aromatic ring is 1. The molecular weight excluding hydrogens is 426 g/mol. The van der Waals surface area contributed by atoms with Crippen LogP contribution in [-0.4, -0.2) is 52.2 Å². The zero-order valence-corrected chi connectivity index (χ0v) is 18.7. The van der Waals surface area contributed by atoms with Crippen molar-refractivity contribution >= 4 is 39.3 Å². The second kappa shape index (κ2) is 10.4. The van der Waals surface area contributed by atoms with Gasteiger partial charge < -0.3 is 11.1 Å². The number of carbonyl (C=O) groups excluding carboxylic acids is 1. The van der Waals surface area contributed by atoms with E-state index in [0.29, 0.717) is 30.4 Å². The third-order valence-corrected chi connectivity index (χ3v) is 7.30. The van der Waals surface area contributed by atoms with Gasteiger partial charge in [-0.25, -0.2) is 8.42 Å². The van der Waals surface area contributed by atoms with E-state index in [4.69, 9.17) is 11.0 Å². The van der Waals surface area contributed by atoms with Crippen molar-refractivity contribution in [1.82, 2.24) is 19.1 Å². The van der Waals surface area contributed by atoms with E-state index in [9.17, 15) is 13.2 Å². The van der Waals surface area contributed by atoms with Crippen LogP contribution in [0.1, 0.15) is 33.2 Å². The molecule has 0 fully saturated rings. The number of benzene rings is 1. The zero-order chi connectivity index (χ0) is 22.3. The smallest absolute Gasteiger partial charge is 0.247 e. The van der Waals surface area contributed by atoms with Crippen LogP contribution in [0.5, 0.6) is 0 Å². The molecule has 12 heteroatoms. The number of aromatic nitrogens is 3. The van der Waals surface area contributed by atoms with E-state index in [-0.39, 0.29) is 22.5 Å². The van der Waals surface area contributed by atoms with Crippen LogP contribution in [-0.2, 0) is 14.8 Å². The van der Waals surface area contributed by atoms with E-state index < -0.39 is 16.1 Å². The van der Waals surface area contributed by atoms with Crippen LogP contribution in [0.25, 0.3) is 0 Å². The van der Waals surface area contributed by atoms with Crippen molar-refractivity contribution in [3.8, 4) is 6.07 Å². The predicted molar refractivity (Wildman–Crippen MR) is 115 cm³/mol. The fourth-order valence-corrected chi connectivity index (χ4v) is 5.02. The van der Waals surface area contributed by atoms with E-state index in [2.05, 4.69) is 15.5 Å². The number of nitrogens with one attached hydrogen (secondary N) is 1. The summed E-state index contributed by atoms with van der Waals surface area (Å²) in [6.45, 7) is 6.13. The maximum absolute atomic E-state index is 12.9. The maximum Gasteiger partial charge on any atom is 0.247 e. The number of hydrogen-bond acceptors (Lipinski definition) is 8. The summed E-state index contributed by atoms with van der Waals surface area (Å²) in [5, 5.41) is 19.7. The van der Waals surface area contributed by atoms with Gasteiger partial charge >= 0.3 is 0 Å². The first-order valence-electron chi connectivity index (χ1n) is 9.41. The molecule has 162 valence electrons. The highest BCUT2D eigenvalue weighted by molar-refractivity contribution is 7.99. The normalized spacial score (nSPS) is 12.5. The van der Waals surface area contributed by atoms with Crippen LogP contribution in [0, 0.1) is 11.3 Å². The molecule has 0 saturated carbocycles. The average Bonchev–Trinajstić information content (AvgIpc) is 3.08. The quantitative estimate of drug-likeness (QED) is 0.522. The number of sulfonamides is 1. The SMILES string of the molecule is CCC(C(=O)Nc1ccc(S(=O)(=O)N(CC)CC)cc1)n1c(N)nnc1SCC#N. The van der Waals surface area contributed by atoms with Crippen LogP contribution >= 0.6 is 11.8 Å². The maximum atomic E-state index is 12.9. The number of nitrogens with zero attached hydrogens (tertiary/aromatic N) is 5. The summed E-state index contributed by atoms with van der Waals surface area (Å²) in [6, 6.07) is 7.33. The van der Waals surface area contributed by atoms with Crippen LogP contribution in [0.4, 0.5) is 11.6 Å². The van der Waals surface area contributed by atoms with Crippen molar-refractivity contribution in [1.29, 1.82) is 5.26 Å². The highest BCUT2D eigenvalue weighted by Crippen LogP contribution is 2.26. The molecule has 0 aliphatic carbocycles. The number of amides is 1. The second-order valence-corrected chi connectivity index (χ2v) is 9.06. The van der Waals surface area contributed by atoms with Crippen molar-refractivity contribution in [2.75, 3.05) is 29.9 Å². The van der Waals surface area contributed by atoms with Gasteiger partial charge in [0.2, 0.25) is 21.9 Å². The first-order valence-corrected chi connectivity index (χ1v) is 11.8. The van der Waals surface area contributed by atoms with Gasteiger partial charge in [0.05, 0.1) is 16.7 Å². The number of carbonyl (C=O) groups is 1. The van der Waals surface area contributed by atoms with Gasteiger partial charge in [0.25, 0.3) is 0 Å². The summed E-state index contributed by atoms with van der Waals surface area (Å²) >= 11 is 1.14. The Morgan fingerprint density at radius 1 is 1.27 bits per heavy atom. The Kier molecular flexibility index (Phi) is 8.22. The van der Waals surface area contributed by atoms with Gasteiger partial charge in [-0.1, -0.05) is 32.5 Å². The first kappa shape index (κ1) is 23.7. The van der Waals surface area contributed by atoms with Crippen LogP contribution in [0.15, 0.2) is 34.3 Å². The van der Waals surface area contributed by atoms with Crippen molar-refractivity contribution in [3.05, 3.63) is 24.3 Å². The lowest BCUT2D eigenvalue weighted by Gasteiger charge is -2.20. The molecule has 1 heterocycles. The Morgan fingerprint density at radius 2 is 1.90 bits per heavy atom. The van der Waals surface area contributed by atoms with Gasteiger partial charge in [0.1, 0.15) is 6.04 Å². The van der Waals surface area contributed by atoms with Gasteiger partial charge in [0, 0.05) is 18.8 Å². The Bertz CT molecular complexity index is 1010. The number of nitriles is 1. The molecule has 30 heavy (non-hydrogen) atoms. The predicted octanol–water partition coefficient (Wildman–Crippen LogP) is 2.10. The third-order valence-electron chi connectivity index (χ3n) is 4.42. The molecule has 2 rings (SSSR count). The lowest BCUT2D eigenvalue weighted by atomic mass is 10.2. The van der Waals surface area contributed by atoms with Crippen molar-refractivity contribution in [3.63, 3.8) is 0 Å². The number of hydrogen-bond donors (Lipinski definition) is 2. The highest BCUT2D eigenvalue weighted by atomic mass is 32.2. The number of nitrogens with two attached hydrogens (primary N) is 1. The topological polar surface area (TPSA) is 147 Å². The molecule has 0 radical (unpaired) electrons. The molecule has 0 aliphatic rings. The Morgan fingerprint density at radius 3 is 2.43 bits per heavy atom. The molecule has 10 nitrogen and oxygen atoms in total. The molecule has 0 saturated heterocycles. The summed E-state index contributed by atoms with van der Waals surface area (Å²) in [5.41, 5.74) is 6.34. The van der Waals surface area contributed by atoms with Crippen molar-refractivity contribution < 1.29 is 13.2 Å². The molecule has 0 aliphatic heterocycles. The van der Waals surface area contributed by atoms with Gasteiger partial charge in [-0.05, 0) is 30.7 Å². The van der Waals surface area contributed by atoms with Crippen LogP contribution < -0.4 is 11.1 Å². The molecule has 0 spiro atoms. The molecule has 1 aromatic heterocycles. The Labute approximate surface area is 180 Å². The fourth-order valence-electron chi connectivity index (χ4n) is 2.91. The molecule has 0 bridgehead atoms. The summed E-state index contributed by atoms with van der Waals surface area (Å²) in [4.78, 5) is 13.0. The Hall–Kier alpha value is -2.62. The lowest BCUT2D eigenvalue weighted by molar-refractivity contribution is -0.119. The number of anilines is 2. The summed E-state index contributed by atoms with van der Waals surface area (Å²) in [7, 11) is -3.57. The van der Waals surface area contributed by atoms with E-state index in [1.165, 1.54) is 21.0 Å². The van der Waals surface area contributed by atoms with E-state index >= 15 is 0 Å². The van der Waals surface area contributed by atoms with Crippen molar-refractivity contribution in [2.45, 2.75) is 43.3 Å². The molecule has 3 N–H and O–H groups in total. The molecule has 1 aromatic carbocycles. The average molecular weight is 452 g/mol. The summed E-state index contributed by atoms with van der Waals surface area (Å²) in [5.74, 6) is -0.112. The van der Waals surface area contributed by atoms with Gasteiger partial charge in [-0.3, -0.25) is 9.36 Å². The van der Waals surface area contributed by atoms with E-state index in [1.54, 1.807) is 26.0 Å². The minimum Gasteiger partial charge on any atom is -0.368 e. The highest BCUT2D eigenvalue weighted by Gasteiger charge is 2.25. The largest absolute Gasteiger partial charge is 0.368 e. The lowest BCUT2D eigenvalue weighted by Crippen LogP contribution is -2.30. The van der Waals surface area contributed by atoms with E-state index in [0.717, 1.165) is 11.8 Å². The molecule has 1 atom stereocenters. The minimum atomic E-state index is -3.57. The monoisotopic (exact) mass is 451 g/mol.